The van der Waals surface area contributed by atoms with Crippen LogP contribution in [0.25, 0.3) is 17.1 Å². The third-order valence-corrected chi connectivity index (χ3v) is 5.77. The van der Waals surface area contributed by atoms with Crippen LogP contribution in [-0.2, 0) is 0 Å². The summed E-state index contributed by atoms with van der Waals surface area (Å²) < 4.78 is 2.03. The van der Waals surface area contributed by atoms with Crippen molar-refractivity contribution in [3.8, 4) is 17.1 Å². The molecule has 0 radical (unpaired) electrons. The number of ketones is 1. The number of rotatable bonds is 6. The van der Waals surface area contributed by atoms with Crippen molar-refractivity contribution in [3.63, 3.8) is 0 Å². The Hall–Kier alpha value is -3.18. The quantitative estimate of drug-likeness (QED) is 0.316. The molecular weight excluding hydrogens is 378 g/mol. The maximum Gasteiger partial charge on any atom is 0.196 e. The van der Waals surface area contributed by atoms with Crippen molar-refractivity contribution in [1.82, 2.24) is 14.8 Å². The Morgan fingerprint density at radius 1 is 0.862 bits per heavy atom. The highest BCUT2D eigenvalue weighted by Gasteiger charge is 2.18. The largest absolute Gasteiger partial charge is 0.293 e. The van der Waals surface area contributed by atoms with Crippen LogP contribution in [0.3, 0.4) is 0 Å². The first-order valence-electron chi connectivity index (χ1n) is 9.43. The van der Waals surface area contributed by atoms with Gasteiger partial charge in [0.05, 0.1) is 11.4 Å². The minimum atomic E-state index is 0.0755. The van der Waals surface area contributed by atoms with E-state index in [1.54, 1.807) is 0 Å². The van der Waals surface area contributed by atoms with Gasteiger partial charge in [-0.25, -0.2) is 0 Å². The van der Waals surface area contributed by atoms with Gasteiger partial charge in [-0.05, 0) is 37.1 Å². The van der Waals surface area contributed by atoms with Crippen LogP contribution in [0.5, 0.6) is 0 Å². The fraction of sp³-hybridized carbons (Fsp3) is 0.125. The molecule has 0 fully saturated rings. The van der Waals surface area contributed by atoms with E-state index in [2.05, 4.69) is 42.2 Å². The van der Waals surface area contributed by atoms with Crippen molar-refractivity contribution in [1.29, 1.82) is 0 Å². The number of aromatic nitrogens is 3. The molecule has 1 aromatic heterocycles. The zero-order chi connectivity index (χ0) is 20.2. The van der Waals surface area contributed by atoms with E-state index in [0.717, 1.165) is 17.1 Å². The molecule has 4 nitrogen and oxygen atoms in total. The summed E-state index contributed by atoms with van der Waals surface area (Å²) in [6.07, 6.45) is 0. The lowest BCUT2D eigenvalue weighted by Crippen LogP contribution is -2.05. The molecule has 5 heteroatoms. The predicted octanol–water partition coefficient (Wildman–Crippen LogP) is 5.53. The molecule has 29 heavy (non-hydrogen) atoms. The minimum Gasteiger partial charge on any atom is -0.293 e. The molecule has 0 saturated heterocycles. The number of hydrogen-bond donors (Lipinski definition) is 0. The second-order valence-corrected chi connectivity index (χ2v) is 7.80. The molecule has 0 amide bonds. The SMILES string of the molecule is Cc1ccc(-n2c(SCC(=O)c3ccccc3)nnc2-c2ccccc2)cc1C. The monoisotopic (exact) mass is 399 g/mol. The molecule has 144 valence electrons. The first-order chi connectivity index (χ1) is 14.1. The number of hydrogen-bond acceptors (Lipinski definition) is 4. The Morgan fingerprint density at radius 3 is 2.24 bits per heavy atom. The van der Waals surface area contributed by atoms with Gasteiger partial charge in [-0.3, -0.25) is 9.36 Å². The zero-order valence-electron chi connectivity index (χ0n) is 16.4. The van der Waals surface area contributed by atoms with Crippen molar-refractivity contribution in [2.45, 2.75) is 19.0 Å². The van der Waals surface area contributed by atoms with Crippen LogP contribution in [0, 0.1) is 13.8 Å². The number of thioether (sulfide) groups is 1. The summed E-state index contributed by atoms with van der Waals surface area (Å²) >= 11 is 1.41. The highest BCUT2D eigenvalue weighted by Crippen LogP contribution is 2.29. The van der Waals surface area contributed by atoms with Crippen LogP contribution < -0.4 is 0 Å². The van der Waals surface area contributed by atoms with E-state index in [1.807, 2.05) is 65.2 Å². The maximum atomic E-state index is 12.6. The van der Waals surface area contributed by atoms with Gasteiger partial charge in [0.15, 0.2) is 16.8 Å². The first kappa shape index (κ1) is 19.2. The van der Waals surface area contributed by atoms with E-state index >= 15 is 0 Å². The van der Waals surface area contributed by atoms with E-state index in [9.17, 15) is 4.79 Å². The summed E-state index contributed by atoms with van der Waals surface area (Å²) in [6.45, 7) is 4.19. The molecule has 0 atom stereocenters. The minimum absolute atomic E-state index is 0.0755. The fourth-order valence-corrected chi connectivity index (χ4v) is 3.92. The highest BCUT2D eigenvalue weighted by molar-refractivity contribution is 7.99. The topological polar surface area (TPSA) is 47.8 Å². The molecule has 4 aromatic rings. The Morgan fingerprint density at radius 2 is 1.55 bits per heavy atom. The molecule has 0 spiro atoms. The molecule has 0 aliphatic carbocycles. The average molecular weight is 400 g/mol. The molecule has 0 saturated carbocycles. The van der Waals surface area contributed by atoms with Gasteiger partial charge in [0.2, 0.25) is 0 Å². The number of benzene rings is 3. The second-order valence-electron chi connectivity index (χ2n) is 6.85. The summed E-state index contributed by atoms with van der Waals surface area (Å²) in [5, 5.41) is 9.56. The van der Waals surface area contributed by atoms with Gasteiger partial charge in [-0.15, -0.1) is 10.2 Å². The predicted molar refractivity (Wildman–Crippen MR) is 118 cm³/mol. The lowest BCUT2D eigenvalue weighted by Gasteiger charge is -2.12. The van der Waals surface area contributed by atoms with Gasteiger partial charge < -0.3 is 0 Å². The summed E-state index contributed by atoms with van der Waals surface area (Å²) in [7, 11) is 0. The van der Waals surface area contributed by atoms with Gasteiger partial charge in [0.1, 0.15) is 0 Å². The summed E-state index contributed by atoms with van der Waals surface area (Å²) in [5.41, 5.74) is 5.12. The van der Waals surface area contributed by atoms with Crippen molar-refractivity contribution in [2.24, 2.45) is 0 Å². The fourth-order valence-electron chi connectivity index (χ4n) is 3.07. The van der Waals surface area contributed by atoms with Crippen LogP contribution in [0.2, 0.25) is 0 Å². The third kappa shape index (κ3) is 4.15. The number of carbonyl (C=O) groups is 1. The summed E-state index contributed by atoms with van der Waals surface area (Å²) in [5.74, 6) is 1.15. The van der Waals surface area contributed by atoms with Crippen molar-refractivity contribution < 1.29 is 4.79 Å². The van der Waals surface area contributed by atoms with E-state index in [-0.39, 0.29) is 5.78 Å². The second kappa shape index (κ2) is 8.45. The molecule has 0 bridgehead atoms. The molecule has 0 aliphatic rings. The number of nitrogens with zero attached hydrogens (tertiary/aromatic N) is 3. The normalized spacial score (nSPS) is 10.8. The van der Waals surface area contributed by atoms with E-state index in [4.69, 9.17) is 0 Å². The molecule has 0 unspecified atom stereocenters. The van der Waals surface area contributed by atoms with Crippen molar-refractivity contribution >= 4 is 17.5 Å². The Kier molecular flexibility index (Phi) is 5.58. The van der Waals surface area contributed by atoms with Crippen LogP contribution in [0.4, 0.5) is 0 Å². The van der Waals surface area contributed by atoms with Crippen LogP contribution >= 0.6 is 11.8 Å². The maximum absolute atomic E-state index is 12.6. The van der Waals surface area contributed by atoms with Gasteiger partial charge in [0.25, 0.3) is 0 Å². The highest BCUT2D eigenvalue weighted by atomic mass is 32.2. The van der Waals surface area contributed by atoms with Crippen LogP contribution in [0.1, 0.15) is 21.5 Å². The van der Waals surface area contributed by atoms with Gasteiger partial charge >= 0.3 is 0 Å². The standard InChI is InChI=1S/C24H21N3OS/c1-17-13-14-21(15-18(17)2)27-23(20-11-7-4-8-12-20)25-26-24(27)29-16-22(28)19-9-5-3-6-10-19/h3-15H,16H2,1-2H3. The lowest BCUT2D eigenvalue weighted by molar-refractivity contribution is 0.102. The molecule has 0 N–H and O–H groups in total. The Bertz CT molecular complexity index is 1140. The third-order valence-electron chi connectivity index (χ3n) is 4.84. The molecule has 0 aliphatic heterocycles. The first-order valence-corrected chi connectivity index (χ1v) is 10.4. The number of carbonyl (C=O) groups excluding carboxylic acids is 1. The van der Waals surface area contributed by atoms with Crippen molar-refractivity contribution in [3.05, 3.63) is 95.6 Å². The number of Topliss-reactive ketones (excluding diaryl/α,β-unsaturated/α-hetero) is 1. The van der Waals surface area contributed by atoms with E-state index in [0.29, 0.717) is 16.5 Å². The summed E-state index contributed by atoms with van der Waals surface area (Å²) in [4.78, 5) is 12.6. The molecule has 4 rings (SSSR count). The molecule has 3 aromatic carbocycles. The zero-order valence-corrected chi connectivity index (χ0v) is 17.2. The smallest absolute Gasteiger partial charge is 0.196 e. The number of aryl methyl sites for hydroxylation is 2. The summed E-state index contributed by atoms with van der Waals surface area (Å²) in [6, 6.07) is 25.6. The lowest BCUT2D eigenvalue weighted by atomic mass is 10.1. The van der Waals surface area contributed by atoms with Gasteiger partial charge in [0, 0.05) is 11.1 Å². The van der Waals surface area contributed by atoms with Crippen LogP contribution in [-0.4, -0.2) is 26.3 Å². The van der Waals surface area contributed by atoms with Gasteiger partial charge in [-0.2, -0.15) is 0 Å². The van der Waals surface area contributed by atoms with E-state index in [1.165, 1.54) is 22.9 Å². The average Bonchev–Trinajstić information content (AvgIpc) is 3.19. The molecule has 1 heterocycles. The Balaban J connectivity index is 1.71. The van der Waals surface area contributed by atoms with Crippen LogP contribution in [0.15, 0.2) is 84.0 Å². The Labute approximate surface area is 174 Å². The molecular formula is C24H21N3OS. The van der Waals surface area contributed by atoms with Crippen molar-refractivity contribution in [2.75, 3.05) is 5.75 Å². The van der Waals surface area contributed by atoms with E-state index < -0.39 is 0 Å². The van der Waals surface area contributed by atoms with Gasteiger partial charge in [-0.1, -0.05) is 78.5 Å².